The van der Waals surface area contributed by atoms with Gasteiger partial charge in [-0.15, -0.1) is 0 Å². The molecule has 5 aliphatic carbocycles. The number of allylic oxidation sites excluding steroid dienone is 1. The first-order chi connectivity index (χ1) is 16.6. The van der Waals surface area contributed by atoms with E-state index < -0.39 is 40.4 Å². The van der Waals surface area contributed by atoms with Gasteiger partial charge in [-0.2, -0.15) is 0 Å². The third kappa shape index (κ3) is 2.86. The molecule has 6 heteroatoms. The summed E-state index contributed by atoms with van der Waals surface area (Å²) in [6.07, 6.45) is 4.71. The number of carboxylic acid groups (broad SMARTS) is 2. The normalized spacial score (nSPS) is 56.0. The van der Waals surface area contributed by atoms with Crippen LogP contribution in [0.3, 0.4) is 0 Å². The van der Waals surface area contributed by atoms with Crippen LogP contribution in [-0.4, -0.2) is 44.6 Å². The summed E-state index contributed by atoms with van der Waals surface area (Å²) in [6.45, 7) is 14.9. The van der Waals surface area contributed by atoms with E-state index in [1.807, 2.05) is 6.92 Å². The van der Waals surface area contributed by atoms with Crippen molar-refractivity contribution in [3.05, 3.63) is 12.2 Å². The smallest absolute Gasteiger partial charge is 0.312 e. The van der Waals surface area contributed by atoms with Crippen molar-refractivity contribution in [3.63, 3.8) is 0 Å². The molecule has 0 amide bonds. The number of carbonyl (C=O) groups is 2. The maximum absolute atomic E-state index is 12.8. The van der Waals surface area contributed by atoms with E-state index in [2.05, 4.69) is 27.4 Å². The molecule has 5 aliphatic rings. The van der Waals surface area contributed by atoms with Crippen LogP contribution >= 0.6 is 0 Å². The number of carboxylic acids is 2. The van der Waals surface area contributed by atoms with E-state index in [0.717, 1.165) is 24.8 Å². The van der Waals surface area contributed by atoms with Gasteiger partial charge in [0, 0.05) is 0 Å². The predicted molar refractivity (Wildman–Crippen MR) is 136 cm³/mol. The summed E-state index contributed by atoms with van der Waals surface area (Å²) < 4.78 is 0. The molecule has 0 aliphatic heterocycles. The van der Waals surface area contributed by atoms with E-state index in [4.69, 9.17) is 0 Å². The van der Waals surface area contributed by atoms with E-state index in [1.165, 1.54) is 0 Å². The Bertz CT molecular complexity index is 992. The second-order valence-electron chi connectivity index (χ2n) is 14.4. The highest BCUT2D eigenvalue weighted by Crippen LogP contribution is 2.77. The van der Waals surface area contributed by atoms with Gasteiger partial charge in [0.15, 0.2) is 0 Å². The van der Waals surface area contributed by atoms with Gasteiger partial charge in [0.2, 0.25) is 0 Å². The van der Waals surface area contributed by atoms with E-state index in [1.54, 1.807) is 6.92 Å². The highest BCUT2D eigenvalue weighted by molar-refractivity contribution is 5.76. The van der Waals surface area contributed by atoms with Gasteiger partial charge in [-0.1, -0.05) is 32.9 Å². The molecule has 202 valence electrons. The van der Waals surface area contributed by atoms with Crippen LogP contribution in [0.15, 0.2) is 12.2 Å². The summed E-state index contributed by atoms with van der Waals surface area (Å²) in [4.78, 5) is 25.3. The first-order valence-corrected chi connectivity index (χ1v) is 14.1. The van der Waals surface area contributed by atoms with Gasteiger partial charge in [0.1, 0.15) is 0 Å². The Kier molecular flexibility index (Phi) is 5.69. The quantitative estimate of drug-likeness (QED) is 0.398. The molecule has 0 heterocycles. The molecule has 0 radical (unpaired) electrons. The van der Waals surface area contributed by atoms with Gasteiger partial charge in [0.05, 0.1) is 23.0 Å². The molecular formula is C30H46O6. The van der Waals surface area contributed by atoms with E-state index in [0.29, 0.717) is 38.5 Å². The Morgan fingerprint density at radius 1 is 0.833 bits per heavy atom. The monoisotopic (exact) mass is 502 g/mol. The number of rotatable bonds is 3. The molecular weight excluding hydrogens is 456 g/mol. The highest BCUT2D eigenvalue weighted by Gasteiger charge is 2.74. The zero-order valence-corrected chi connectivity index (χ0v) is 22.7. The van der Waals surface area contributed by atoms with Gasteiger partial charge in [-0.05, 0) is 117 Å². The van der Waals surface area contributed by atoms with Crippen LogP contribution in [0.1, 0.15) is 92.4 Å². The molecule has 36 heavy (non-hydrogen) atoms. The number of hydrogen-bond acceptors (Lipinski definition) is 4. The third-order valence-corrected chi connectivity index (χ3v) is 13.5. The summed E-state index contributed by atoms with van der Waals surface area (Å²) in [5, 5.41) is 43.6. The molecule has 6 nitrogen and oxygen atoms in total. The second-order valence-corrected chi connectivity index (χ2v) is 14.4. The van der Waals surface area contributed by atoms with Crippen molar-refractivity contribution in [1.29, 1.82) is 0 Å². The fourth-order valence-electron chi connectivity index (χ4n) is 11.6. The Balaban J connectivity index is 1.61. The maximum atomic E-state index is 12.8. The summed E-state index contributed by atoms with van der Waals surface area (Å²) >= 11 is 0. The van der Waals surface area contributed by atoms with Gasteiger partial charge in [0.25, 0.3) is 0 Å². The van der Waals surface area contributed by atoms with E-state index in [-0.39, 0.29) is 40.4 Å². The molecule has 0 unspecified atom stereocenters. The Hall–Kier alpha value is -1.40. The van der Waals surface area contributed by atoms with Crippen molar-refractivity contribution in [2.75, 3.05) is 0 Å². The first-order valence-electron chi connectivity index (χ1n) is 14.1. The lowest BCUT2D eigenvalue weighted by Gasteiger charge is -2.73. The number of aliphatic hydroxyl groups excluding tert-OH is 2. The third-order valence-electron chi connectivity index (χ3n) is 13.5. The van der Waals surface area contributed by atoms with Crippen LogP contribution in [0.2, 0.25) is 0 Å². The number of hydrogen-bond donors (Lipinski definition) is 4. The lowest BCUT2D eigenvalue weighted by atomic mass is 9.31. The van der Waals surface area contributed by atoms with Gasteiger partial charge < -0.3 is 20.4 Å². The van der Waals surface area contributed by atoms with Crippen molar-refractivity contribution in [1.82, 2.24) is 0 Å². The van der Waals surface area contributed by atoms with Crippen LogP contribution in [0.5, 0.6) is 0 Å². The van der Waals surface area contributed by atoms with Crippen LogP contribution in [0, 0.1) is 56.7 Å². The average Bonchev–Trinajstić information content (AvgIpc) is 3.19. The van der Waals surface area contributed by atoms with Crippen LogP contribution in [0.4, 0.5) is 0 Å². The molecule has 5 saturated carbocycles. The fraction of sp³-hybridized carbons (Fsp3) is 0.867. The molecule has 5 rings (SSSR count). The molecule has 12 atom stereocenters. The lowest BCUT2D eigenvalue weighted by Crippen LogP contribution is -2.71. The Morgan fingerprint density at radius 2 is 1.50 bits per heavy atom. The van der Waals surface area contributed by atoms with Crippen LogP contribution in [0.25, 0.3) is 0 Å². The number of aliphatic hydroxyl groups is 2. The number of aliphatic carboxylic acids is 2. The van der Waals surface area contributed by atoms with Crippen molar-refractivity contribution < 1.29 is 30.0 Å². The minimum absolute atomic E-state index is 0.0262. The Morgan fingerprint density at radius 3 is 2.08 bits per heavy atom. The molecule has 4 N–H and O–H groups in total. The molecule has 0 bridgehead atoms. The van der Waals surface area contributed by atoms with E-state index in [9.17, 15) is 30.0 Å². The van der Waals surface area contributed by atoms with Gasteiger partial charge in [-0.25, -0.2) is 0 Å². The molecule has 0 saturated heterocycles. The maximum Gasteiger partial charge on any atom is 0.312 e. The topological polar surface area (TPSA) is 115 Å². The molecule has 0 aromatic carbocycles. The van der Waals surface area contributed by atoms with Crippen molar-refractivity contribution in [3.8, 4) is 0 Å². The molecule has 5 fully saturated rings. The van der Waals surface area contributed by atoms with Crippen molar-refractivity contribution >= 4 is 11.9 Å². The zero-order chi connectivity index (χ0) is 26.6. The SMILES string of the molecule is C=C(C)[C@@H]1CC[C@]2(C(=O)O)CC[C@]3(C)[C@H](C[C@@H](O)[C@H]4[C@@]5(C)CC[C@@H](O)[C@@](C)(C(=O)O)[C@@H]5CC[C@]43C)[C@@H]12. The van der Waals surface area contributed by atoms with Gasteiger partial charge in [-0.3, -0.25) is 9.59 Å². The summed E-state index contributed by atoms with van der Waals surface area (Å²) in [5.74, 6) is -1.71. The molecule has 0 aromatic heterocycles. The van der Waals surface area contributed by atoms with Crippen molar-refractivity contribution in [2.24, 2.45) is 56.7 Å². The Labute approximate surface area is 215 Å². The summed E-state index contributed by atoms with van der Waals surface area (Å²) in [5.41, 5.74) is -1.71. The standard InChI is InChI=1S/C30H46O6/c1-16(2)17-7-12-30(25(35)36)14-13-27(4)18(22(17)30)15-19(31)23-26(3)10-9-21(32)29(6,24(33)34)20(26)8-11-28(23,27)5/h17-23,31-32H,1,7-15H2,2-6H3,(H,33,34)(H,35,36)/t17-,18+,19+,20+,21+,22+,23-,26-,27+,28+,29-,30-/m0/s1. The molecule has 0 spiro atoms. The minimum Gasteiger partial charge on any atom is -0.481 e. The van der Waals surface area contributed by atoms with E-state index >= 15 is 0 Å². The largest absolute Gasteiger partial charge is 0.481 e. The lowest BCUT2D eigenvalue weighted by molar-refractivity contribution is -0.277. The van der Waals surface area contributed by atoms with Crippen LogP contribution in [-0.2, 0) is 9.59 Å². The number of fused-ring (bicyclic) bond motifs is 7. The summed E-state index contributed by atoms with van der Waals surface area (Å²) in [6, 6.07) is 0. The predicted octanol–water partition coefficient (Wildman–Crippen LogP) is 5.13. The first kappa shape index (κ1) is 26.2. The minimum atomic E-state index is -1.23. The van der Waals surface area contributed by atoms with Crippen molar-refractivity contribution in [2.45, 2.75) is 105 Å². The van der Waals surface area contributed by atoms with Gasteiger partial charge >= 0.3 is 11.9 Å². The fourth-order valence-corrected chi connectivity index (χ4v) is 11.6. The van der Waals surface area contributed by atoms with Crippen LogP contribution < -0.4 is 0 Å². The average molecular weight is 503 g/mol. The molecule has 0 aromatic rings. The second kappa shape index (κ2) is 7.81. The zero-order valence-electron chi connectivity index (χ0n) is 22.7. The summed E-state index contributed by atoms with van der Waals surface area (Å²) in [7, 11) is 0. The highest BCUT2D eigenvalue weighted by atomic mass is 16.4.